The van der Waals surface area contributed by atoms with Gasteiger partial charge in [-0.15, -0.1) is 0 Å². The topological polar surface area (TPSA) is 71.2 Å². The molecule has 19 heavy (non-hydrogen) atoms. The van der Waals surface area contributed by atoms with Gasteiger partial charge in [-0.3, -0.25) is 9.78 Å². The molecular weight excluding hydrogens is 240 g/mol. The lowest BCUT2D eigenvalue weighted by Gasteiger charge is -2.25. The molecule has 1 unspecified atom stereocenters. The van der Waals surface area contributed by atoms with E-state index in [9.17, 15) is 4.79 Å². The number of hydrogen-bond acceptors (Lipinski definition) is 4. The Kier molecular flexibility index (Phi) is 5.92. The largest absolute Gasteiger partial charge is 0.346 e. The summed E-state index contributed by atoms with van der Waals surface area (Å²) >= 11 is 0. The number of aromatic nitrogens is 1. The molecule has 1 atom stereocenters. The number of hydrogen-bond donors (Lipinski definition) is 2. The Morgan fingerprint density at radius 3 is 2.53 bits per heavy atom. The zero-order valence-electron chi connectivity index (χ0n) is 12.2. The molecule has 1 amide bonds. The minimum absolute atomic E-state index is 0.110. The van der Waals surface area contributed by atoms with E-state index in [1.807, 2.05) is 20.2 Å². The molecule has 0 spiro atoms. The van der Waals surface area contributed by atoms with E-state index in [2.05, 4.69) is 29.0 Å². The molecule has 0 aliphatic heterocycles. The van der Waals surface area contributed by atoms with Crippen molar-refractivity contribution < 1.29 is 4.79 Å². The summed E-state index contributed by atoms with van der Waals surface area (Å²) < 4.78 is 0. The first-order chi connectivity index (χ1) is 8.93. The summed E-state index contributed by atoms with van der Waals surface area (Å²) in [4.78, 5) is 18.3. The first kappa shape index (κ1) is 15.6. The number of rotatable bonds is 6. The molecule has 106 valence electrons. The molecule has 1 aromatic heterocycles. The van der Waals surface area contributed by atoms with Gasteiger partial charge in [0.15, 0.2) is 0 Å². The quantitative estimate of drug-likeness (QED) is 0.799. The maximum atomic E-state index is 12.1. The standard InChI is InChI=1S/C14H24N4O/c1-10(2)13(9-18(3)4)17-14(19)12-6-5-11(7-15)8-16-12/h5-6,8,10,13H,7,9,15H2,1-4H3,(H,17,19). The average Bonchev–Trinajstić information content (AvgIpc) is 2.37. The fourth-order valence-corrected chi connectivity index (χ4v) is 1.74. The van der Waals surface area contributed by atoms with Gasteiger partial charge < -0.3 is 16.0 Å². The van der Waals surface area contributed by atoms with Gasteiger partial charge in [0.1, 0.15) is 5.69 Å². The molecule has 0 saturated heterocycles. The maximum Gasteiger partial charge on any atom is 0.270 e. The van der Waals surface area contributed by atoms with E-state index in [1.54, 1.807) is 12.3 Å². The third kappa shape index (κ3) is 4.96. The summed E-state index contributed by atoms with van der Waals surface area (Å²) in [7, 11) is 3.99. The summed E-state index contributed by atoms with van der Waals surface area (Å²) in [5, 5.41) is 3.03. The minimum atomic E-state index is -0.135. The van der Waals surface area contributed by atoms with Gasteiger partial charge >= 0.3 is 0 Å². The number of nitrogens with zero attached hydrogens (tertiary/aromatic N) is 2. The summed E-state index contributed by atoms with van der Waals surface area (Å²) in [6.07, 6.45) is 1.64. The zero-order chi connectivity index (χ0) is 14.4. The predicted octanol–water partition coefficient (Wildman–Crippen LogP) is 0.856. The first-order valence-corrected chi connectivity index (χ1v) is 6.54. The molecule has 5 heteroatoms. The Bertz CT molecular complexity index is 400. The van der Waals surface area contributed by atoms with Crippen LogP contribution in [0.15, 0.2) is 18.3 Å². The van der Waals surface area contributed by atoms with E-state index in [0.717, 1.165) is 12.1 Å². The number of carbonyl (C=O) groups is 1. The molecule has 1 heterocycles. The number of carbonyl (C=O) groups excluding carboxylic acids is 1. The molecule has 3 N–H and O–H groups in total. The molecule has 5 nitrogen and oxygen atoms in total. The molecule has 1 aromatic rings. The number of nitrogens with two attached hydrogens (primary N) is 1. The molecule has 0 bridgehead atoms. The van der Waals surface area contributed by atoms with E-state index >= 15 is 0 Å². The molecular formula is C14H24N4O. The lowest BCUT2D eigenvalue weighted by atomic mass is 10.0. The van der Waals surface area contributed by atoms with E-state index in [-0.39, 0.29) is 11.9 Å². The van der Waals surface area contributed by atoms with Crippen LogP contribution in [0.3, 0.4) is 0 Å². The van der Waals surface area contributed by atoms with E-state index in [0.29, 0.717) is 18.2 Å². The summed E-state index contributed by atoms with van der Waals surface area (Å²) in [6.45, 7) is 5.44. The third-order valence-electron chi connectivity index (χ3n) is 2.98. The molecule has 0 fully saturated rings. The smallest absolute Gasteiger partial charge is 0.270 e. The third-order valence-corrected chi connectivity index (χ3v) is 2.98. The van der Waals surface area contributed by atoms with Gasteiger partial charge in [-0.2, -0.15) is 0 Å². The van der Waals surface area contributed by atoms with Gasteiger partial charge in [-0.25, -0.2) is 0 Å². The fraction of sp³-hybridized carbons (Fsp3) is 0.571. The van der Waals surface area contributed by atoms with Crippen LogP contribution in [-0.4, -0.2) is 42.5 Å². The van der Waals surface area contributed by atoms with Crippen molar-refractivity contribution in [3.63, 3.8) is 0 Å². The van der Waals surface area contributed by atoms with Crippen LogP contribution in [0.2, 0.25) is 0 Å². The van der Waals surface area contributed by atoms with Crippen molar-refractivity contribution >= 4 is 5.91 Å². The molecule has 0 aliphatic carbocycles. The highest BCUT2D eigenvalue weighted by molar-refractivity contribution is 5.92. The van der Waals surface area contributed by atoms with E-state index in [4.69, 9.17) is 5.73 Å². The van der Waals surface area contributed by atoms with Crippen LogP contribution in [0, 0.1) is 5.92 Å². The summed E-state index contributed by atoms with van der Waals surface area (Å²) in [5.41, 5.74) is 6.86. The highest BCUT2D eigenvalue weighted by atomic mass is 16.1. The van der Waals surface area contributed by atoms with Crippen LogP contribution < -0.4 is 11.1 Å². The highest BCUT2D eigenvalue weighted by Gasteiger charge is 2.18. The van der Waals surface area contributed by atoms with Crippen LogP contribution in [-0.2, 0) is 6.54 Å². The van der Waals surface area contributed by atoms with Crippen molar-refractivity contribution in [1.82, 2.24) is 15.2 Å². The van der Waals surface area contributed by atoms with Gasteiger partial charge in [-0.05, 0) is 31.6 Å². The van der Waals surface area contributed by atoms with Crippen molar-refractivity contribution in [2.45, 2.75) is 26.4 Å². The Morgan fingerprint density at radius 2 is 2.11 bits per heavy atom. The SMILES string of the molecule is CC(C)C(CN(C)C)NC(=O)c1ccc(CN)cn1. The van der Waals surface area contributed by atoms with Gasteiger partial charge in [0.05, 0.1) is 0 Å². The summed E-state index contributed by atoms with van der Waals surface area (Å²) in [6, 6.07) is 3.65. The minimum Gasteiger partial charge on any atom is -0.346 e. The molecule has 0 radical (unpaired) electrons. The first-order valence-electron chi connectivity index (χ1n) is 6.54. The second kappa shape index (κ2) is 7.21. The van der Waals surface area contributed by atoms with E-state index < -0.39 is 0 Å². The number of likely N-dealkylation sites (N-methyl/N-ethyl adjacent to an activating group) is 1. The van der Waals surface area contributed by atoms with Crippen molar-refractivity contribution in [2.24, 2.45) is 11.7 Å². The van der Waals surface area contributed by atoms with E-state index in [1.165, 1.54) is 0 Å². The lowest BCUT2D eigenvalue weighted by molar-refractivity contribution is 0.0911. The van der Waals surface area contributed by atoms with Crippen LogP contribution in [0.1, 0.15) is 29.9 Å². The maximum absolute atomic E-state index is 12.1. The highest BCUT2D eigenvalue weighted by Crippen LogP contribution is 2.05. The van der Waals surface area contributed by atoms with Crippen molar-refractivity contribution in [1.29, 1.82) is 0 Å². The number of nitrogens with one attached hydrogen (secondary N) is 1. The average molecular weight is 264 g/mol. The number of amides is 1. The second-order valence-electron chi connectivity index (χ2n) is 5.34. The zero-order valence-corrected chi connectivity index (χ0v) is 12.2. The molecule has 1 rings (SSSR count). The van der Waals surface area contributed by atoms with Crippen LogP contribution >= 0.6 is 0 Å². The molecule has 0 aromatic carbocycles. The second-order valence-corrected chi connectivity index (χ2v) is 5.34. The predicted molar refractivity (Wildman–Crippen MR) is 76.8 cm³/mol. The lowest BCUT2D eigenvalue weighted by Crippen LogP contribution is -2.45. The van der Waals surface area contributed by atoms with Gasteiger partial charge in [-0.1, -0.05) is 19.9 Å². The fourth-order valence-electron chi connectivity index (χ4n) is 1.74. The Hall–Kier alpha value is -1.46. The Labute approximate surface area is 115 Å². The summed E-state index contributed by atoms with van der Waals surface area (Å²) in [5.74, 6) is 0.235. The molecule has 0 aliphatic rings. The van der Waals surface area contributed by atoms with Crippen molar-refractivity contribution in [3.8, 4) is 0 Å². The normalized spacial score (nSPS) is 12.8. The van der Waals surface area contributed by atoms with Gasteiger partial charge in [0.2, 0.25) is 0 Å². The Morgan fingerprint density at radius 1 is 1.42 bits per heavy atom. The van der Waals surface area contributed by atoms with Gasteiger partial charge in [0, 0.05) is 25.3 Å². The Balaban J connectivity index is 2.70. The molecule has 0 saturated carbocycles. The van der Waals surface area contributed by atoms with Crippen LogP contribution in [0.25, 0.3) is 0 Å². The number of pyridine rings is 1. The van der Waals surface area contributed by atoms with Crippen LogP contribution in [0.5, 0.6) is 0 Å². The van der Waals surface area contributed by atoms with Crippen LogP contribution in [0.4, 0.5) is 0 Å². The van der Waals surface area contributed by atoms with Gasteiger partial charge in [0.25, 0.3) is 5.91 Å². The monoisotopic (exact) mass is 264 g/mol. The van der Waals surface area contributed by atoms with Crippen molar-refractivity contribution in [3.05, 3.63) is 29.6 Å². The van der Waals surface area contributed by atoms with Crippen molar-refractivity contribution in [2.75, 3.05) is 20.6 Å².